The molecule has 3 aromatic rings. The average Bonchev–Trinajstić information content (AvgIpc) is 2.73. The highest BCUT2D eigenvalue weighted by Gasteiger charge is 2.35. The summed E-state index contributed by atoms with van der Waals surface area (Å²) in [5.74, 6) is 0.887. The van der Waals surface area contributed by atoms with Gasteiger partial charge in [0.2, 0.25) is 0 Å². The number of hydrogen-bond acceptors (Lipinski definition) is 4. The molecule has 0 radical (unpaired) electrons. The molecule has 2 aliphatic rings. The van der Waals surface area contributed by atoms with E-state index in [0.29, 0.717) is 0 Å². The second-order valence-electron chi connectivity index (χ2n) is 8.67. The second kappa shape index (κ2) is 7.04. The van der Waals surface area contributed by atoms with Crippen molar-refractivity contribution >= 4 is 23.0 Å². The Bertz CT molecular complexity index is 1250. The lowest BCUT2D eigenvalue weighted by Crippen LogP contribution is -2.45. The van der Waals surface area contributed by atoms with Crippen molar-refractivity contribution in [1.29, 1.82) is 0 Å². The molecule has 0 saturated heterocycles. The molecule has 0 spiro atoms. The van der Waals surface area contributed by atoms with Crippen LogP contribution < -0.4 is 21.1 Å². The van der Waals surface area contributed by atoms with Gasteiger partial charge in [-0.25, -0.2) is 0 Å². The van der Waals surface area contributed by atoms with E-state index in [1.165, 1.54) is 11.1 Å². The number of nitrogens with two attached hydrogens (primary N) is 1. The minimum atomic E-state index is -0.643. The molecule has 2 atom stereocenters. The SMILES string of the molecule is CNC1=CC(C)(N)Nc2ccc3c(c21)C(c1ccc(Cl)c(C)c1)Oc1ccc(C)cc1-3. The Labute approximate surface area is 188 Å². The smallest absolute Gasteiger partial charge is 0.150 e. The van der Waals surface area contributed by atoms with E-state index < -0.39 is 5.66 Å². The monoisotopic (exact) mass is 431 g/mol. The van der Waals surface area contributed by atoms with E-state index in [9.17, 15) is 0 Å². The normalized spacial score (nSPS) is 21.1. The Kier molecular flexibility index (Phi) is 4.54. The van der Waals surface area contributed by atoms with Gasteiger partial charge in [0, 0.05) is 40.1 Å². The first-order chi connectivity index (χ1) is 14.8. The molecule has 2 heterocycles. The summed E-state index contributed by atoms with van der Waals surface area (Å²) in [6.07, 6.45) is 1.77. The number of ether oxygens (including phenoxy) is 1. The highest BCUT2D eigenvalue weighted by Crippen LogP contribution is 2.50. The van der Waals surface area contributed by atoms with Gasteiger partial charge in [-0.3, -0.25) is 0 Å². The predicted octanol–water partition coefficient (Wildman–Crippen LogP) is 5.77. The highest BCUT2D eigenvalue weighted by atomic mass is 35.5. The van der Waals surface area contributed by atoms with Gasteiger partial charge in [-0.05, 0) is 67.8 Å². The maximum absolute atomic E-state index is 6.65. The van der Waals surface area contributed by atoms with Gasteiger partial charge in [0.1, 0.15) is 11.4 Å². The second-order valence-corrected chi connectivity index (χ2v) is 9.08. The molecule has 4 nitrogen and oxygen atoms in total. The molecule has 5 heteroatoms. The van der Waals surface area contributed by atoms with E-state index in [4.69, 9.17) is 22.1 Å². The summed E-state index contributed by atoms with van der Waals surface area (Å²) in [5.41, 5.74) is 15.6. The third-order valence-corrected chi connectivity index (χ3v) is 6.47. The van der Waals surface area contributed by atoms with Crippen LogP contribution in [0.15, 0.2) is 54.6 Å². The van der Waals surface area contributed by atoms with Crippen LogP contribution in [-0.2, 0) is 0 Å². The van der Waals surface area contributed by atoms with E-state index in [0.717, 1.165) is 50.0 Å². The molecule has 158 valence electrons. The summed E-state index contributed by atoms with van der Waals surface area (Å²) in [5, 5.41) is 7.57. The van der Waals surface area contributed by atoms with Crippen molar-refractivity contribution in [2.75, 3.05) is 12.4 Å². The van der Waals surface area contributed by atoms with Crippen LogP contribution in [0.1, 0.15) is 40.8 Å². The van der Waals surface area contributed by atoms with Crippen molar-refractivity contribution in [3.63, 3.8) is 0 Å². The number of nitrogens with one attached hydrogen (secondary N) is 2. The molecule has 31 heavy (non-hydrogen) atoms. The van der Waals surface area contributed by atoms with E-state index in [1.807, 2.05) is 33.0 Å². The molecular weight excluding hydrogens is 406 g/mol. The van der Waals surface area contributed by atoms with Crippen molar-refractivity contribution in [2.45, 2.75) is 32.5 Å². The van der Waals surface area contributed by atoms with Crippen molar-refractivity contribution in [1.82, 2.24) is 5.32 Å². The predicted molar refractivity (Wildman–Crippen MR) is 129 cm³/mol. The van der Waals surface area contributed by atoms with Crippen LogP contribution in [0.4, 0.5) is 5.69 Å². The van der Waals surface area contributed by atoms with Crippen molar-refractivity contribution < 1.29 is 4.74 Å². The lowest BCUT2D eigenvalue weighted by atomic mass is 9.82. The zero-order valence-electron chi connectivity index (χ0n) is 18.1. The van der Waals surface area contributed by atoms with Crippen LogP contribution in [-0.4, -0.2) is 12.7 Å². The molecule has 0 amide bonds. The lowest BCUT2D eigenvalue weighted by molar-refractivity contribution is 0.243. The third kappa shape index (κ3) is 3.27. The molecule has 0 fully saturated rings. The van der Waals surface area contributed by atoms with Gasteiger partial charge in [-0.1, -0.05) is 41.4 Å². The Balaban J connectivity index is 1.82. The van der Waals surface area contributed by atoms with E-state index in [2.05, 4.69) is 60.0 Å². The molecule has 5 rings (SSSR count). The Hall–Kier alpha value is -2.95. The number of rotatable bonds is 2. The zero-order valence-corrected chi connectivity index (χ0v) is 18.9. The van der Waals surface area contributed by atoms with Crippen LogP contribution in [0.25, 0.3) is 16.8 Å². The number of aryl methyl sites for hydroxylation is 2. The number of halogens is 1. The van der Waals surface area contributed by atoms with Crippen LogP contribution in [0.3, 0.4) is 0 Å². The molecule has 3 aromatic carbocycles. The van der Waals surface area contributed by atoms with Crippen LogP contribution in [0.2, 0.25) is 5.02 Å². The summed E-state index contributed by atoms with van der Waals surface area (Å²) >= 11 is 6.33. The van der Waals surface area contributed by atoms with Gasteiger partial charge in [0.15, 0.2) is 6.10 Å². The number of anilines is 1. The summed E-state index contributed by atoms with van der Waals surface area (Å²) in [6.45, 7) is 6.09. The zero-order chi connectivity index (χ0) is 21.9. The summed E-state index contributed by atoms with van der Waals surface area (Å²) in [4.78, 5) is 0. The van der Waals surface area contributed by atoms with Crippen LogP contribution in [0.5, 0.6) is 5.75 Å². The van der Waals surface area contributed by atoms with Gasteiger partial charge in [0.25, 0.3) is 0 Å². The average molecular weight is 432 g/mol. The largest absolute Gasteiger partial charge is 0.480 e. The third-order valence-electron chi connectivity index (χ3n) is 6.05. The minimum Gasteiger partial charge on any atom is -0.480 e. The van der Waals surface area contributed by atoms with Gasteiger partial charge in [-0.2, -0.15) is 0 Å². The number of hydrogen-bond donors (Lipinski definition) is 3. The summed E-state index contributed by atoms with van der Waals surface area (Å²) in [7, 11) is 1.93. The Morgan fingerprint density at radius 2 is 1.87 bits per heavy atom. The van der Waals surface area contributed by atoms with Crippen molar-refractivity contribution in [2.24, 2.45) is 5.73 Å². The van der Waals surface area contributed by atoms with Gasteiger partial charge >= 0.3 is 0 Å². The van der Waals surface area contributed by atoms with Crippen molar-refractivity contribution in [3.8, 4) is 16.9 Å². The lowest BCUT2D eigenvalue weighted by Gasteiger charge is -2.37. The van der Waals surface area contributed by atoms with E-state index in [-0.39, 0.29) is 6.10 Å². The first kappa shape index (κ1) is 20.0. The Morgan fingerprint density at radius 1 is 1.06 bits per heavy atom. The number of fused-ring (bicyclic) bond motifs is 5. The Morgan fingerprint density at radius 3 is 2.61 bits per heavy atom. The van der Waals surface area contributed by atoms with E-state index in [1.54, 1.807) is 0 Å². The van der Waals surface area contributed by atoms with Crippen LogP contribution >= 0.6 is 11.6 Å². The fourth-order valence-corrected chi connectivity index (χ4v) is 4.74. The molecule has 0 saturated carbocycles. The molecule has 0 aliphatic carbocycles. The summed E-state index contributed by atoms with van der Waals surface area (Å²) in [6, 6.07) is 16.7. The maximum atomic E-state index is 6.65. The maximum Gasteiger partial charge on any atom is 0.150 e. The van der Waals surface area contributed by atoms with E-state index >= 15 is 0 Å². The molecule has 4 N–H and O–H groups in total. The fraction of sp³-hybridized carbons (Fsp3) is 0.231. The fourth-order valence-electron chi connectivity index (χ4n) is 4.63. The first-order valence-corrected chi connectivity index (χ1v) is 10.8. The standard InChI is InChI=1S/C26H26ClN3O/c1-14-5-10-22-18(11-14)17-7-9-20-24(21(29-4)13-26(3,28)30-20)23(17)25(31-22)16-6-8-19(27)15(2)12-16/h5-13,25,29-30H,28H2,1-4H3. The molecular formula is C26H26ClN3O. The molecule has 0 aromatic heterocycles. The summed E-state index contributed by atoms with van der Waals surface area (Å²) < 4.78 is 6.65. The molecule has 0 bridgehead atoms. The first-order valence-electron chi connectivity index (χ1n) is 10.5. The van der Waals surface area contributed by atoms with Gasteiger partial charge in [-0.15, -0.1) is 0 Å². The van der Waals surface area contributed by atoms with Crippen molar-refractivity contribution in [3.05, 3.63) is 87.4 Å². The molecule has 2 aliphatic heterocycles. The topological polar surface area (TPSA) is 59.3 Å². The van der Waals surface area contributed by atoms with Crippen LogP contribution in [0, 0.1) is 13.8 Å². The minimum absolute atomic E-state index is 0.267. The highest BCUT2D eigenvalue weighted by molar-refractivity contribution is 6.31. The van der Waals surface area contributed by atoms with Gasteiger partial charge < -0.3 is 21.1 Å². The molecule has 2 unspecified atom stereocenters. The van der Waals surface area contributed by atoms with Gasteiger partial charge in [0.05, 0.1) is 0 Å². The quantitative estimate of drug-likeness (QED) is 0.482. The number of benzene rings is 3.